The van der Waals surface area contributed by atoms with Gasteiger partial charge in [0.15, 0.2) is 0 Å². The second kappa shape index (κ2) is 4.56. The average molecular weight is 275 g/mol. The van der Waals surface area contributed by atoms with E-state index in [0.717, 1.165) is 33.7 Å². The van der Waals surface area contributed by atoms with E-state index in [4.69, 9.17) is 0 Å². The van der Waals surface area contributed by atoms with Crippen molar-refractivity contribution in [2.45, 2.75) is 6.92 Å². The average Bonchev–Trinajstić information content (AvgIpc) is 3.14. The molecule has 0 atom stereocenters. The molecule has 0 amide bonds. The maximum Gasteiger partial charge on any atom is 0.115 e. The van der Waals surface area contributed by atoms with E-state index < -0.39 is 0 Å². The number of fused-ring (bicyclic) bond motifs is 1. The van der Waals surface area contributed by atoms with Crippen LogP contribution in [0.2, 0.25) is 0 Å². The largest absolute Gasteiger partial charge is 0.344 e. The molecule has 21 heavy (non-hydrogen) atoms. The van der Waals surface area contributed by atoms with Gasteiger partial charge in [0.25, 0.3) is 0 Å². The van der Waals surface area contributed by atoms with E-state index in [1.54, 1.807) is 12.5 Å². The van der Waals surface area contributed by atoms with Crippen molar-refractivity contribution in [2.24, 2.45) is 0 Å². The lowest BCUT2D eigenvalue weighted by molar-refractivity contribution is 0.863. The van der Waals surface area contributed by atoms with Crippen molar-refractivity contribution in [3.8, 4) is 16.9 Å². The first-order chi connectivity index (χ1) is 10.3. The summed E-state index contributed by atoms with van der Waals surface area (Å²) in [7, 11) is 0. The summed E-state index contributed by atoms with van der Waals surface area (Å²) in [5.74, 6) is 0. The number of nitrogens with zero attached hydrogens (tertiary/aromatic N) is 4. The smallest absolute Gasteiger partial charge is 0.115 e. The topological polar surface area (TPSA) is 59.4 Å². The van der Waals surface area contributed by atoms with E-state index in [0.29, 0.717) is 0 Å². The van der Waals surface area contributed by atoms with E-state index in [9.17, 15) is 0 Å². The maximum absolute atomic E-state index is 4.59. The van der Waals surface area contributed by atoms with Gasteiger partial charge in [0.05, 0.1) is 23.2 Å². The Bertz CT molecular complexity index is 905. The number of imidazole rings is 1. The molecule has 0 unspecified atom stereocenters. The lowest BCUT2D eigenvalue weighted by Crippen LogP contribution is -1.93. The van der Waals surface area contributed by atoms with Crippen LogP contribution < -0.4 is 0 Å². The fourth-order valence-electron chi connectivity index (χ4n) is 2.47. The molecule has 0 aliphatic heterocycles. The molecule has 4 rings (SSSR count). The van der Waals surface area contributed by atoms with Crippen LogP contribution in [0, 0.1) is 6.92 Å². The van der Waals surface area contributed by atoms with E-state index in [1.807, 2.05) is 54.2 Å². The van der Waals surface area contributed by atoms with E-state index in [2.05, 4.69) is 20.1 Å². The lowest BCUT2D eigenvalue weighted by Gasteiger charge is -2.00. The standard InChI is InChI=1S/C16H13N5/c1-11-13(9-21(20-11)12-5-3-2-4-6-12)15-16-14(7-8-17-15)18-10-19-16/h2-10H,1H3,(H,18,19). The monoisotopic (exact) mass is 275 g/mol. The predicted molar refractivity (Wildman–Crippen MR) is 81.2 cm³/mol. The summed E-state index contributed by atoms with van der Waals surface area (Å²) in [5.41, 5.74) is 5.66. The Morgan fingerprint density at radius 1 is 1.05 bits per heavy atom. The van der Waals surface area contributed by atoms with Gasteiger partial charge in [-0.15, -0.1) is 0 Å². The van der Waals surface area contributed by atoms with Gasteiger partial charge in [0.1, 0.15) is 11.2 Å². The summed E-state index contributed by atoms with van der Waals surface area (Å²) < 4.78 is 1.87. The number of hydrogen-bond donors (Lipinski definition) is 1. The van der Waals surface area contributed by atoms with E-state index >= 15 is 0 Å². The molecule has 1 N–H and O–H groups in total. The molecular weight excluding hydrogens is 262 g/mol. The van der Waals surface area contributed by atoms with Crippen LogP contribution in [-0.2, 0) is 0 Å². The lowest BCUT2D eigenvalue weighted by atomic mass is 10.1. The zero-order valence-corrected chi connectivity index (χ0v) is 11.5. The van der Waals surface area contributed by atoms with Crippen LogP contribution in [0.1, 0.15) is 5.69 Å². The molecule has 0 radical (unpaired) electrons. The van der Waals surface area contributed by atoms with Crippen LogP contribution in [0.4, 0.5) is 0 Å². The molecule has 5 heteroatoms. The fraction of sp³-hybridized carbons (Fsp3) is 0.0625. The van der Waals surface area contributed by atoms with Crippen molar-refractivity contribution in [1.82, 2.24) is 24.7 Å². The number of H-pyrrole nitrogens is 1. The molecule has 0 saturated carbocycles. The number of para-hydroxylation sites is 1. The number of rotatable bonds is 2. The highest BCUT2D eigenvalue weighted by molar-refractivity contribution is 5.89. The summed E-state index contributed by atoms with van der Waals surface area (Å²) in [4.78, 5) is 12.0. The van der Waals surface area contributed by atoms with Crippen LogP contribution in [-0.4, -0.2) is 24.7 Å². The number of nitrogens with one attached hydrogen (secondary N) is 1. The first kappa shape index (κ1) is 11.8. The Balaban J connectivity index is 1.90. The Morgan fingerprint density at radius 2 is 1.90 bits per heavy atom. The third-order valence-corrected chi connectivity index (χ3v) is 3.51. The van der Waals surface area contributed by atoms with Gasteiger partial charge in [-0.3, -0.25) is 4.98 Å². The second-order valence-electron chi connectivity index (χ2n) is 4.87. The van der Waals surface area contributed by atoms with Gasteiger partial charge in [-0.05, 0) is 25.1 Å². The highest BCUT2D eigenvalue weighted by Gasteiger charge is 2.13. The number of aryl methyl sites for hydroxylation is 1. The van der Waals surface area contributed by atoms with Crippen molar-refractivity contribution in [3.05, 3.63) is 60.8 Å². The fourth-order valence-corrected chi connectivity index (χ4v) is 2.47. The summed E-state index contributed by atoms with van der Waals surface area (Å²) in [6, 6.07) is 12.0. The number of aromatic nitrogens is 5. The summed E-state index contributed by atoms with van der Waals surface area (Å²) in [6.45, 7) is 1.99. The highest BCUT2D eigenvalue weighted by atomic mass is 15.3. The Morgan fingerprint density at radius 3 is 2.76 bits per heavy atom. The number of aromatic amines is 1. The maximum atomic E-state index is 4.59. The van der Waals surface area contributed by atoms with Gasteiger partial charge in [-0.1, -0.05) is 18.2 Å². The summed E-state index contributed by atoms with van der Waals surface area (Å²) >= 11 is 0. The number of pyridine rings is 1. The SMILES string of the molecule is Cc1nn(-c2ccccc2)cc1-c1nccc2[nH]cnc12. The minimum absolute atomic E-state index is 0.855. The molecule has 102 valence electrons. The van der Waals surface area contributed by atoms with Crippen molar-refractivity contribution < 1.29 is 0 Å². The molecule has 0 saturated heterocycles. The quantitative estimate of drug-likeness (QED) is 0.611. The Labute approximate surface area is 121 Å². The molecular formula is C16H13N5. The Hall–Kier alpha value is -2.95. The molecule has 5 nitrogen and oxygen atoms in total. The molecule has 1 aromatic carbocycles. The van der Waals surface area contributed by atoms with Crippen molar-refractivity contribution in [3.63, 3.8) is 0 Å². The van der Waals surface area contributed by atoms with Gasteiger partial charge < -0.3 is 4.98 Å². The molecule has 4 aromatic rings. The third kappa shape index (κ3) is 1.90. The predicted octanol–water partition coefficient (Wildman–Crippen LogP) is 3.12. The molecule has 3 heterocycles. The van der Waals surface area contributed by atoms with Crippen LogP contribution in [0.5, 0.6) is 0 Å². The minimum Gasteiger partial charge on any atom is -0.344 e. The normalized spacial score (nSPS) is 11.1. The molecule has 3 aromatic heterocycles. The van der Waals surface area contributed by atoms with Gasteiger partial charge in [-0.2, -0.15) is 5.10 Å². The van der Waals surface area contributed by atoms with Crippen molar-refractivity contribution in [1.29, 1.82) is 0 Å². The first-order valence-corrected chi connectivity index (χ1v) is 6.73. The first-order valence-electron chi connectivity index (χ1n) is 6.73. The Kier molecular flexibility index (Phi) is 2.57. The van der Waals surface area contributed by atoms with Crippen molar-refractivity contribution >= 4 is 11.0 Å². The second-order valence-corrected chi connectivity index (χ2v) is 4.87. The van der Waals surface area contributed by atoms with E-state index in [1.165, 1.54) is 0 Å². The highest BCUT2D eigenvalue weighted by Crippen LogP contribution is 2.27. The zero-order valence-electron chi connectivity index (χ0n) is 11.5. The summed E-state index contributed by atoms with van der Waals surface area (Å²) in [5, 5.41) is 4.59. The van der Waals surface area contributed by atoms with Crippen LogP contribution in [0.25, 0.3) is 28.0 Å². The van der Waals surface area contributed by atoms with Crippen LogP contribution >= 0.6 is 0 Å². The van der Waals surface area contributed by atoms with Gasteiger partial charge in [-0.25, -0.2) is 9.67 Å². The molecule has 0 bridgehead atoms. The summed E-state index contributed by atoms with van der Waals surface area (Å²) in [6.07, 6.45) is 5.48. The molecule has 0 spiro atoms. The van der Waals surface area contributed by atoms with Gasteiger partial charge in [0, 0.05) is 18.0 Å². The molecule has 0 aliphatic rings. The molecule has 0 fully saturated rings. The van der Waals surface area contributed by atoms with E-state index in [-0.39, 0.29) is 0 Å². The third-order valence-electron chi connectivity index (χ3n) is 3.51. The van der Waals surface area contributed by atoms with Crippen molar-refractivity contribution in [2.75, 3.05) is 0 Å². The number of hydrogen-bond acceptors (Lipinski definition) is 3. The number of benzene rings is 1. The minimum atomic E-state index is 0.855. The zero-order chi connectivity index (χ0) is 14.2. The van der Waals surface area contributed by atoms with Gasteiger partial charge in [0.2, 0.25) is 0 Å². The van der Waals surface area contributed by atoms with Gasteiger partial charge >= 0.3 is 0 Å². The van der Waals surface area contributed by atoms with Crippen LogP contribution in [0.15, 0.2) is 55.1 Å². The molecule has 0 aliphatic carbocycles. The van der Waals surface area contributed by atoms with Crippen LogP contribution in [0.3, 0.4) is 0 Å².